The number of hydrogen-bond donors (Lipinski definition) is 1. The Morgan fingerprint density at radius 3 is 2.07 bits per heavy atom. The predicted molar refractivity (Wildman–Crippen MR) is 52.9 cm³/mol. The molecule has 0 aliphatic rings. The summed E-state index contributed by atoms with van der Waals surface area (Å²) >= 11 is 0. The van der Waals surface area contributed by atoms with Crippen LogP contribution in [0.15, 0.2) is 45.6 Å². The highest BCUT2D eigenvalue weighted by atomic mass is 16.3. The molecule has 2 rings (SSSR count). The summed E-state index contributed by atoms with van der Waals surface area (Å²) in [6.07, 6.45) is 3.34. The van der Waals surface area contributed by atoms with Gasteiger partial charge in [0.05, 0.1) is 12.5 Å². The van der Waals surface area contributed by atoms with Gasteiger partial charge in [0.2, 0.25) is 0 Å². The van der Waals surface area contributed by atoms with Gasteiger partial charge in [0.1, 0.15) is 17.6 Å². The van der Waals surface area contributed by atoms with Crippen molar-refractivity contribution in [3.05, 3.63) is 48.3 Å². The van der Waals surface area contributed by atoms with Crippen LogP contribution in [-0.4, -0.2) is 6.54 Å². The lowest BCUT2D eigenvalue weighted by Gasteiger charge is -2.12. The second kappa shape index (κ2) is 4.15. The molecule has 3 heteroatoms. The lowest BCUT2D eigenvalue weighted by Crippen LogP contribution is -2.20. The van der Waals surface area contributed by atoms with Gasteiger partial charge in [-0.15, -0.1) is 0 Å². The molecule has 0 unspecified atom stereocenters. The molecule has 0 aliphatic heterocycles. The van der Waals surface area contributed by atoms with Gasteiger partial charge < -0.3 is 14.2 Å². The lowest BCUT2D eigenvalue weighted by molar-refractivity contribution is 0.393. The van der Waals surface area contributed by atoms with Crippen LogP contribution in [0.5, 0.6) is 0 Å². The molecule has 2 heterocycles. The second-order valence-corrected chi connectivity index (χ2v) is 3.02. The van der Waals surface area contributed by atoms with Crippen molar-refractivity contribution in [2.75, 3.05) is 6.54 Å². The molecule has 0 saturated carbocycles. The summed E-state index contributed by atoms with van der Waals surface area (Å²) in [4.78, 5) is 0. The maximum absolute atomic E-state index is 5.35. The van der Waals surface area contributed by atoms with Crippen LogP contribution in [0.2, 0.25) is 0 Å². The molecule has 0 amide bonds. The van der Waals surface area contributed by atoms with Crippen molar-refractivity contribution >= 4 is 0 Å². The molecule has 2 aromatic heterocycles. The van der Waals surface area contributed by atoms with Crippen LogP contribution in [0.3, 0.4) is 0 Å². The van der Waals surface area contributed by atoms with E-state index in [4.69, 9.17) is 8.83 Å². The zero-order valence-corrected chi connectivity index (χ0v) is 8.07. The summed E-state index contributed by atoms with van der Waals surface area (Å²) in [6.45, 7) is 2.92. The third kappa shape index (κ3) is 1.72. The van der Waals surface area contributed by atoms with E-state index in [0.29, 0.717) is 0 Å². The smallest absolute Gasteiger partial charge is 0.128 e. The SMILES string of the molecule is CCNC(c1ccco1)c1ccco1. The van der Waals surface area contributed by atoms with E-state index >= 15 is 0 Å². The molecule has 0 atom stereocenters. The third-order valence-electron chi connectivity index (χ3n) is 2.06. The average Bonchev–Trinajstić information content (AvgIpc) is 2.87. The zero-order chi connectivity index (χ0) is 9.80. The molecule has 74 valence electrons. The average molecular weight is 191 g/mol. The van der Waals surface area contributed by atoms with Crippen molar-refractivity contribution in [3.8, 4) is 0 Å². The zero-order valence-electron chi connectivity index (χ0n) is 8.07. The van der Waals surface area contributed by atoms with Crippen molar-refractivity contribution in [1.29, 1.82) is 0 Å². The fourth-order valence-electron chi connectivity index (χ4n) is 1.46. The van der Waals surface area contributed by atoms with E-state index in [9.17, 15) is 0 Å². The monoisotopic (exact) mass is 191 g/mol. The summed E-state index contributed by atoms with van der Waals surface area (Å²) in [5.74, 6) is 1.75. The standard InChI is InChI=1S/C11H13NO2/c1-2-12-11(9-5-3-7-13-9)10-6-4-8-14-10/h3-8,11-12H,2H2,1H3. The predicted octanol–water partition coefficient (Wildman–Crippen LogP) is 2.57. The van der Waals surface area contributed by atoms with Crippen molar-refractivity contribution in [2.24, 2.45) is 0 Å². The molecule has 1 N–H and O–H groups in total. The minimum absolute atomic E-state index is 0.0185. The minimum Gasteiger partial charge on any atom is -0.467 e. The Balaban J connectivity index is 2.25. The van der Waals surface area contributed by atoms with Crippen LogP contribution >= 0.6 is 0 Å². The largest absolute Gasteiger partial charge is 0.467 e. The van der Waals surface area contributed by atoms with Crippen LogP contribution in [0.1, 0.15) is 24.5 Å². The molecular weight excluding hydrogens is 178 g/mol. The molecule has 0 fully saturated rings. The van der Waals surface area contributed by atoms with Crippen molar-refractivity contribution < 1.29 is 8.83 Å². The third-order valence-corrected chi connectivity index (χ3v) is 2.06. The Morgan fingerprint density at radius 2 is 1.71 bits per heavy atom. The van der Waals surface area contributed by atoms with Crippen LogP contribution in [0, 0.1) is 0 Å². The van der Waals surface area contributed by atoms with Crippen LogP contribution < -0.4 is 5.32 Å². The fourth-order valence-corrected chi connectivity index (χ4v) is 1.46. The summed E-state index contributed by atoms with van der Waals surface area (Å²) in [5.41, 5.74) is 0. The maximum Gasteiger partial charge on any atom is 0.128 e. The van der Waals surface area contributed by atoms with E-state index in [0.717, 1.165) is 18.1 Å². The van der Waals surface area contributed by atoms with Gasteiger partial charge in [0.15, 0.2) is 0 Å². The highest BCUT2D eigenvalue weighted by Crippen LogP contribution is 2.22. The summed E-state index contributed by atoms with van der Waals surface area (Å²) in [5, 5.41) is 3.30. The van der Waals surface area contributed by atoms with E-state index in [2.05, 4.69) is 12.2 Å². The fraction of sp³-hybridized carbons (Fsp3) is 0.273. The molecule has 0 bridgehead atoms. The quantitative estimate of drug-likeness (QED) is 0.807. The van der Waals surface area contributed by atoms with E-state index in [1.807, 2.05) is 24.3 Å². The highest BCUT2D eigenvalue weighted by Gasteiger charge is 2.17. The van der Waals surface area contributed by atoms with Crippen molar-refractivity contribution in [3.63, 3.8) is 0 Å². The number of nitrogens with one attached hydrogen (secondary N) is 1. The van der Waals surface area contributed by atoms with Gasteiger partial charge in [-0.05, 0) is 30.8 Å². The molecule has 0 spiro atoms. The first-order valence-corrected chi connectivity index (χ1v) is 4.72. The van der Waals surface area contributed by atoms with E-state index in [1.54, 1.807) is 12.5 Å². The maximum atomic E-state index is 5.35. The first-order valence-electron chi connectivity index (χ1n) is 4.72. The summed E-state index contributed by atoms with van der Waals surface area (Å²) in [6, 6.07) is 7.65. The first kappa shape index (κ1) is 9.09. The Hall–Kier alpha value is -1.48. The van der Waals surface area contributed by atoms with Crippen LogP contribution in [-0.2, 0) is 0 Å². The normalized spacial score (nSPS) is 11.0. The van der Waals surface area contributed by atoms with Gasteiger partial charge in [0.25, 0.3) is 0 Å². The Kier molecular flexibility index (Phi) is 2.70. The van der Waals surface area contributed by atoms with E-state index in [1.165, 1.54) is 0 Å². The van der Waals surface area contributed by atoms with Gasteiger partial charge in [0, 0.05) is 0 Å². The molecule has 0 radical (unpaired) electrons. The molecule has 0 saturated heterocycles. The van der Waals surface area contributed by atoms with Gasteiger partial charge in [-0.3, -0.25) is 0 Å². The number of hydrogen-bond acceptors (Lipinski definition) is 3. The number of furan rings is 2. The van der Waals surface area contributed by atoms with Gasteiger partial charge in [-0.2, -0.15) is 0 Å². The van der Waals surface area contributed by atoms with Crippen molar-refractivity contribution in [1.82, 2.24) is 5.32 Å². The Bertz CT molecular complexity index is 316. The van der Waals surface area contributed by atoms with E-state index < -0.39 is 0 Å². The molecule has 0 aromatic carbocycles. The molecule has 2 aromatic rings. The highest BCUT2D eigenvalue weighted by molar-refractivity contribution is 5.17. The van der Waals surface area contributed by atoms with Gasteiger partial charge in [-0.25, -0.2) is 0 Å². The molecule has 14 heavy (non-hydrogen) atoms. The number of rotatable bonds is 4. The topological polar surface area (TPSA) is 38.3 Å². The lowest BCUT2D eigenvalue weighted by atomic mass is 10.2. The molecular formula is C11H13NO2. The Labute approximate surface area is 82.7 Å². The first-order chi connectivity index (χ1) is 6.92. The van der Waals surface area contributed by atoms with Crippen molar-refractivity contribution in [2.45, 2.75) is 13.0 Å². The molecule has 3 nitrogen and oxygen atoms in total. The second-order valence-electron chi connectivity index (χ2n) is 3.02. The van der Waals surface area contributed by atoms with Crippen LogP contribution in [0.25, 0.3) is 0 Å². The van der Waals surface area contributed by atoms with E-state index in [-0.39, 0.29) is 6.04 Å². The molecule has 0 aliphatic carbocycles. The Morgan fingerprint density at radius 1 is 1.14 bits per heavy atom. The van der Waals surface area contributed by atoms with Crippen LogP contribution in [0.4, 0.5) is 0 Å². The van der Waals surface area contributed by atoms with Gasteiger partial charge in [-0.1, -0.05) is 6.92 Å². The minimum atomic E-state index is 0.0185. The summed E-state index contributed by atoms with van der Waals surface area (Å²) < 4.78 is 10.7. The van der Waals surface area contributed by atoms with Gasteiger partial charge >= 0.3 is 0 Å². The summed E-state index contributed by atoms with van der Waals surface area (Å²) in [7, 11) is 0.